The number of amides is 1. The van der Waals surface area contributed by atoms with Gasteiger partial charge in [0.25, 0.3) is 5.91 Å². The van der Waals surface area contributed by atoms with Gasteiger partial charge in [-0.2, -0.15) is 13.2 Å². The number of thioether (sulfide) groups is 1. The van der Waals surface area contributed by atoms with Crippen molar-refractivity contribution in [3.63, 3.8) is 0 Å². The van der Waals surface area contributed by atoms with E-state index in [0.29, 0.717) is 5.69 Å². The number of fused-ring (bicyclic) bond motifs is 1. The second kappa shape index (κ2) is 7.94. The number of halogens is 3. The van der Waals surface area contributed by atoms with Crippen molar-refractivity contribution in [2.45, 2.75) is 36.2 Å². The maximum atomic E-state index is 12.8. The van der Waals surface area contributed by atoms with E-state index in [4.69, 9.17) is 0 Å². The van der Waals surface area contributed by atoms with Crippen LogP contribution in [0, 0.1) is 0 Å². The zero-order valence-corrected chi connectivity index (χ0v) is 16.2. The molecule has 0 saturated heterocycles. The fourth-order valence-corrected chi connectivity index (χ4v) is 4.04. The number of benzene rings is 2. The number of aryl methyl sites for hydroxylation is 2. The molecule has 2 aromatic carbocycles. The summed E-state index contributed by atoms with van der Waals surface area (Å²) in [7, 11) is 0. The maximum Gasteiger partial charge on any atom is 0.446 e. The smallest absolute Gasteiger partial charge is 0.334 e. The van der Waals surface area contributed by atoms with Gasteiger partial charge in [0.15, 0.2) is 0 Å². The van der Waals surface area contributed by atoms with Crippen LogP contribution in [0.3, 0.4) is 0 Å². The molecule has 4 nitrogen and oxygen atoms in total. The van der Waals surface area contributed by atoms with E-state index in [-0.39, 0.29) is 22.2 Å². The molecule has 0 saturated carbocycles. The molecule has 2 heterocycles. The minimum atomic E-state index is -4.46. The van der Waals surface area contributed by atoms with E-state index in [1.54, 1.807) is 24.3 Å². The van der Waals surface area contributed by atoms with E-state index >= 15 is 0 Å². The number of hydrogen-bond acceptors (Lipinski definition) is 3. The van der Waals surface area contributed by atoms with Gasteiger partial charge in [-0.15, -0.1) is 0 Å². The van der Waals surface area contributed by atoms with E-state index < -0.39 is 11.4 Å². The fourth-order valence-electron chi connectivity index (χ4n) is 3.37. The van der Waals surface area contributed by atoms with Crippen LogP contribution in [-0.2, 0) is 13.0 Å². The Morgan fingerprint density at radius 3 is 2.72 bits per heavy atom. The number of carbonyl (C=O) groups excluding carboxylic acids is 1. The molecule has 0 bridgehead atoms. The normalized spacial score (nSPS) is 13.8. The second-order valence-electron chi connectivity index (χ2n) is 6.77. The summed E-state index contributed by atoms with van der Waals surface area (Å²) < 4.78 is 40.5. The van der Waals surface area contributed by atoms with Crippen LogP contribution >= 0.6 is 11.8 Å². The molecule has 150 valence electrons. The third-order valence-corrected chi connectivity index (χ3v) is 5.49. The highest BCUT2D eigenvalue weighted by molar-refractivity contribution is 8.00. The number of carbonyl (C=O) groups is 1. The highest BCUT2D eigenvalue weighted by atomic mass is 32.2. The van der Waals surface area contributed by atoms with Crippen LogP contribution in [0.1, 0.15) is 29.0 Å². The number of anilines is 1. The Hall–Kier alpha value is -2.74. The Morgan fingerprint density at radius 2 is 1.93 bits per heavy atom. The van der Waals surface area contributed by atoms with E-state index in [2.05, 4.69) is 14.9 Å². The lowest BCUT2D eigenvalue weighted by atomic mass is 10.1. The lowest BCUT2D eigenvalue weighted by Crippen LogP contribution is -2.14. The molecular weight excluding hydrogens is 399 g/mol. The Kier molecular flexibility index (Phi) is 5.36. The largest absolute Gasteiger partial charge is 0.446 e. The van der Waals surface area contributed by atoms with Crippen molar-refractivity contribution in [3.8, 4) is 11.3 Å². The molecule has 8 heteroatoms. The number of rotatable bonds is 4. The van der Waals surface area contributed by atoms with Crippen molar-refractivity contribution in [3.05, 3.63) is 66.1 Å². The Labute approximate surface area is 170 Å². The number of aromatic nitrogens is 2. The molecule has 1 aliphatic heterocycles. The summed E-state index contributed by atoms with van der Waals surface area (Å²) in [6.45, 7) is 0.951. The third kappa shape index (κ3) is 4.64. The summed E-state index contributed by atoms with van der Waals surface area (Å²) in [5.41, 5.74) is -2.30. The SMILES string of the molecule is O=C(Nc1cccc(-c2cn3c(n2)CCCC3)c1)c1ccccc1SC(F)(F)F. The average Bonchev–Trinajstić information content (AvgIpc) is 3.12. The Balaban J connectivity index is 1.56. The van der Waals surface area contributed by atoms with Crippen LogP contribution in [0.15, 0.2) is 59.6 Å². The first-order valence-corrected chi connectivity index (χ1v) is 10.0. The van der Waals surface area contributed by atoms with Gasteiger partial charge in [0, 0.05) is 35.3 Å². The van der Waals surface area contributed by atoms with Crippen molar-refractivity contribution in [2.24, 2.45) is 0 Å². The molecule has 1 amide bonds. The van der Waals surface area contributed by atoms with E-state index in [9.17, 15) is 18.0 Å². The third-order valence-electron chi connectivity index (χ3n) is 4.68. The predicted molar refractivity (Wildman–Crippen MR) is 107 cm³/mol. The van der Waals surface area contributed by atoms with E-state index in [1.165, 1.54) is 18.2 Å². The van der Waals surface area contributed by atoms with Gasteiger partial charge in [-0.25, -0.2) is 4.98 Å². The quantitative estimate of drug-likeness (QED) is 0.550. The summed E-state index contributed by atoms with van der Waals surface area (Å²) >= 11 is -0.292. The monoisotopic (exact) mass is 417 g/mol. The van der Waals surface area contributed by atoms with Crippen LogP contribution in [-0.4, -0.2) is 21.0 Å². The zero-order valence-electron chi connectivity index (χ0n) is 15.4. The molecule has 0 atom stereocenters. The van der Waals surface area contributed by atoms with Gasteiger partial charge in [-0.1, -0.05) is 24.3 Å². The average molecular weight is 417 g/mol. The lowest BCUT2D eigenvalue weighted by molar-refractivity contribution is -0.0328. The number of nitrogens with one attached hydrogen (secondary N) is 1. The number of alkyl halides is 3. The summed E-state index contributed by atoms with van der Waals surface area (Å²) in [5, 5.41) is 2.70. The minimum absolute atomic E-state index is 0.0160. The van der Waals surface area contributed by atoms with Gasteiger partial charge in [0.1, 0.15) is 5.82 Å². The molecule has 0 aliphatic carbocycles. The van der Waals surface area contributed by atoms with E-state index in [1.807, 2.05) is 12.3 Å². The molecule has 0 unspecified atom stereocenters. The Bertz CT molecular complexity index is 1020. The van der Waals surface area contributed by atoms with Gasteiger partial charge in [0.2, 0.25) is 0 Å². The van der Waals surface area contributed by atoms with Crippen molar-refractivity contribution >= 4 is 23.4 Å². The summed E-state index contributed by atoms with van der Waals surface area (Å²) in [6.07, 6.45) is 5.21. The summed E-state index contributed by atoms with van der Waals surface area (Å²) in [6, 6.07) is 12.9. The molecule has 3 aromatic rings. The van der Waals surface area contributed by atoms with Crippen LogP contribution < -0.4 is 5.32 Å². The van der Waals surface area contributed by atoms with Crippen molar-refractivity contribution in [1.82, 2.24) is 9.55 Å². The first-order valence-electron chi connectivity index (χ1n) is 9.22. The summed E-state index contributed by atoms with van der Waals surface area (Å²) in [4.78, 5) is 17.2. The molecule has 1 N–H and O–H groups in total. The number of nitrogens with zero attached hydrogens (tertiary/aromatic N) is 2. The molecule has 0 spiro atoms. The number of imidazole rings is 1. The first-order chi connectivity index (χ1) is 13.9. The molecule has 0 fully saturated rings. The van der Waals surface area contributed by atoms with Crippen LogP contribution in [0.2, 0.25) is 0 Å². The van der Waals surface area contributed by atoms with Gasteiger partial charge in [-0.05, 0) is 48.9 Å². The maximum absolute atomic E-state index is 12.8. The minimum Gasteiger partial charge on any atom is -0.334 e. The zero-order chi connectivity index (χ0) is 20.4. The highest BCUT2D eigenvalue weighted by Gasteiger charge is 2.31. The van der Waals surface area contributed by atoms with Crippen LogP contribution in [0.25, 0.3) is 11.3 Å². The fraction of sp³-hybridized carbons (Fsp3) is 0.238. The molecule has 0 radical (unpaired) electrons. The molecule has 29 heavy (non-hydrogen) atoms. The van der Waals surface area contributed by atoms with Crippen LogP contribution in [0.5, 0.6) is 0 Å². The van der Waals surface area contributed by atoms with Gasteiger partial charge >= 0.3 is 5.51 Å². The molecular formula is C21H18F3N3OS. The number of hydrogen-bond donors (Lipinski definition) is 1. The standard InChI is InChI=1S/C21H18F3N3OS/c22-21(23,24)29-18-9-2-1-8-16(18)20(28)25-15-7-5-6-14(12-15)17-13-27-11-4-3-10-19(27)26-17/h1-2,5-9,12-13H,3-4,10-11H2,(H,25,28). The van der Waals surface area contributed by atoms with Gasteiger partial charge in [0.05, 0.1) is 11.3 Å². The first kappa shape index (κ1) is 19.6. The Morgan fingerprint density at radius 1 is 1.10 bits per heavy atom. The molecule has 1 aromatic heterocycles. The van der Waals surface area contributed by atoms with Crippen molar-refractivity contribution < 1.29 is 18.0 Å². The summed E-state index contributed by atoms with van der Waals surface area (Å²) in [5.74, 6) is 0.470. The van der Waals surface area contributed by atoms with Gasteiger partial charge < -0.3 is 9.88 Å². The molecule has 4 rings (SSSR count). The lowest BCUT2D eigenvalue weighted by Gasteiger charge is -2.12. The second-order valence-corrected chi connectivity index (χ2v) is 7.88. The predicted octanol–water partition coefficient (Wildman–Crippen LogP) is 5.75. The topological polar surface area (TPSA) is 46.9 Å². The van der Waals surface area contributed by atoms with Gasteiger partial charge in [-0.3, -0.25) is 4.79 Å². The van der Waals surface area contributed by atoms with Crippen LogP contribution in [0.4, 0.5) is 18.9 Å². The van der Waals surface area contributed by atoms with Crippen molar-refractivity contribution in [1.29, 1.82) is 0 Å². The molecule has 1 aliphatic rings. The van der Waals surface area contributed by atoms with Crippen molar-refractivity contribution in [2.75, 3.05) is 5.32 Å². The van der Waals surface area contributed by atoms with E-state index in [0.717, 1.165) is 42.9 Å². The highest BCUT2D eigenvalue weighted by Crippen LogP contribution is 2.38.